The van der Waals surface area contributed by atoms with Crippen molar-refractivity contribution in [3.8, 4) is 17.4 Å². The van der Waals surface area contributed by atoms with E-state index in [0.717, 1.165) is 37.3 Å². The van der Waals surface area contributed by atoms with Gasteiger partial charge in [-0.15, -0.1) is 0 Å². The molecule has 0 spiro atoms. The van der Waals surface area contributed by atoms with E-state index in [-0.39, 0.29) is 0 Å². The van der Waals surface area contributed by atoms with Crippen molar-refractivity contribution < 1.29 is 9.47 Å². The maximum Gasteiger partial charge on any atom is 0.248 e. The molecule has 2 aromatic rings. The Morgan fingerprint density at radius 3 is 2.52 bits per heavy atom. The van der Waals surface area contributed by atoms with E-state index in [1.54, 1.807) is 7.11 Å². The smallest absolute Gasteiger partial charge is 0.248 e. The van der Waals surface area contributed by atoms with Crippen LogP contribution in [0.1, 0.15) is 24.2 Å². The number of nitrogen functional groups attached to an aromatic ring is 1. The van der Waals surface area contributed by atoms with Gasteiger partial charge in [0, 0.05) is 13.1 Å². The molecule has 0 bridgehead atoms. The van der Waals surface area contributed by atoms with E-state index in [4.69, 9.17) is 15.2 Å². The quantitative estimate of drug-likeness (QED) is 0.935. The minimum atomic E-state index is 0.376. The van der Waals surface area contributed by atoms with Gasteiger partial charge in [-0.1, -0.05) is 6.07 Å². The Kier molecular flexibility index (Phi) is 4.23. The summed E-state index contributed by atoms with van der Waals surface area (Å²) in [7, 11) is 1.62. The third-order valence-corrected chi connectivity index (χ3v) is 3.93. The second-order valence-corrected chi connectivity index (χ2v) is 5.76. The fourth-order valence-corrected chi connectivity index (χ4v) is 2.75. The molecule has 1 aromatic carbocycles. The maximum atomic E-state index is 6.27. The van der Waals surface area contributed by atoms with Gasteiger partial charge < -0.3 is 20.1 Å². The molecule has 0 saturated carbocycles. The Bertz CT molecular complexity index is 712. The fourth-order valence-electron chi connectivity index (χ4n) is 2.75. The van der Waals surface area contributed by atoms with Crippen LogP contribution in [0.25, 0.3) is 0 Å². The number of aryl methyl sites for hydroxylation is 2. The molecule has 6 heteroatoms. The molecule has 0 amide bonds. The summed E-state index contributed by atoms with van der Waals surface area (Å²) in [5, 5.41) is 0. The van der Waals surface area contributed by atoms with Crippen LogP contribution in [-0.4, -0.2) is 30.2 Å². The molecule has 2 heterocycles. The first-order chi connectivity index (χ1) is 11.1. The topological polar surface area (TPSA) is 73.5 Å². The third kappa shape index (κ3) is 3.16. The molecular formula is C17H22N4O2. The zero-order valence-electron chi connectivity index (χ0n) is 13.8. The molecule has 6 nitrogen and oxygen atoms in total. The second kappa shape index (κ2) is 6.32. The fraction of sp³-hybridized carbons (Fsp3) is 0.412. The van der Waals surface area contributed by atoms with Gasteiger partial charge in [-0.25, -0.2) is 4.98 Å². The summed E-state index contributed by atoms with van der Waals surface area (Å²) in [5.74, 6) is 3.03. The Labute approximate surface area is 136 Å². The summed E-state index contributed by atoms with van der Waals surface area (Å²) in [4.78, 5) is 11.0. The molecule has 3 rings (SSSR count). The number of rotatable bonds is 4. The van der Waals surface area contributed by atoms with E-state index >= 15 is 0 Å². The van der Waals surface area contributed by atoms with E-state index in [9.17, 15) is 0 Å². The predicted octanol–water partition coefficient (Wildman–Crippen LogP) is 3.08. The summed E-state index contributed by atoms with van der Waals surface area (Å²) >= 11 is 0. The highest BCUT2D eigenvalue weighted by Gasteiger charge is 2.21. The first-order valence-corrected chi connectivity index (χ1v) is 7.80. The average molecular weight is 314 g/mol. The first-order valence-electron chi connectivity index (χ1n) is 7.80. The van der Waals surface area contributed by atoms with Crippen LogP contribution >= 0.6 is 0 Å². The van der Waals surface area contributed by atoms with Gasteiger partial charge in [-0.3, -0.25) is 0 Å². The largest absolute Gasteiger partial charge is 0.493 e. The lowest BCUT2D eigenvalue weighted by Crippen LogP contribution is -2.21. The highest BCUT2D eigenvalue weighted by molar-refractivity contribution is 5.69. The van der Waals surface area contributed by atoms with Gasteiger partial charge in [-0.05, 0) is 44.4 Å². The summed E-state index contributed by atoms with van der Waals surface area (Å²) in [6, 6.07) is 5.74. The lowest BCUT2D eigenvalue weighted by atomic mass is 10.2. The van der Waals surface area contributed by atoms with E-state index in [2.05, 4.69) is 14.9 Å². The molecule has 1 aliphatic rings. The van der Waals surface area contributed by atoms with Gasteiger partial charge >= 0.3 is 0 Å². The third-order valence-electron chi connectivity index (χ3n) is 3.93. The minimum Gasteiger partial charge on any atom is -0.493 e. The highest BCUT2D eigenvalue weighted by atomic mass is 16.5. The lowest BCUT2D eigenvalue weighted by molar-refractivity contribution is 0.374. The van der Waals surface area contributed by atoms with Crippen LogP contribution in [0.4, 0.5) is 11.5 Å². The molecule has 0 radical (unpaired) electrons. The van der Waals surface area contributed by atoms with Crippen molar-refractivity contribution >= 4 is 11.5 Å². The van der Waals surface area contributed by atoms with Gasteiger partial charge in [0.05, 0.1) is 7.11 Å². The maximum absolute atomic E-state index is 6.27. The molecule has 2 N–H and O–H groups in total. The molecule has 23 heavy (non-hydrogen) atoms. The first kappa shape index (κ1) is 15.4. The molecule has 122 valence electrons. The van der Waals surface area contributed by atoms with Crippen molar-refractivity contribution in [2.45, 2.75) is 26.7 Å². The van der Waals surface area contributed by atoms with Crippen molar-refractivity contribution in [2.75, 3.05) is 30.8 Å². The molecule has 1 aromatic heterocycles. The molecule has 0 aliphatic carbocycles. The van der Waals surface area contributed by atoms with E-state index < -0.39 is 0 Å². The zero-order valence-corrected chi connectivity index (χ0v) is 13.8. The zero-order chi connectivity index (χ0) is 16.4. The van der Waals surface area contributed by atoms with Crippen LogP contribution < -0.4 is 20.1 Å². The summed E-state index contributed by atoms with van der Waals surface area (Å²) in [6.45, 7) is 5.78. The SMILES string of the molecule is COc1cc(C)ccc1Oc1nc(C)nc(N2CCCC2)c1N. The van der Waals surface area contributed by atoms with E-state index in [1.807, 2.05) is 32.0 Å². The van der Waals surface area contributed by atoms with Crippen LogP contribution in [0, 0.1) is 13.8 Å². The van der Waals surface area contributed by atoms with Crippen molar-refractivity contribution in [3.63, 3.8) is 0 Å². The lowest BCUT2D eigenvalue weighted by Gasteiger charge is -2.20. The number of nitrogens with zero attached hydrogens (tertiary/aromatic N) is 3. The Morgan fingerprint density at radius 2 is 1.83 bits per heavy atom. The van der Waals surface area contributed by atoms with Crippen LogP contribution in [0.5, 0.6) is 17.4 Å². The Balaban J connectivity index is 1.97. The molecule has 1 saturated heterocycles. The standard InChI is InChI=1S/C17H22N4O2/c1-11-6-7-13(14(10-11)22-3)23-17-15(18)16(19-12(2)20-17)21-8-4-5-9-21/h6-7,10H,4-5,8-9,18H2,1-3H3. The van der Waals surface area contributed by atoms with Crippen molar-refractivity contribution in [1.82, 2.24) is 9.97 Å². The summed E-state index contributed by atoms with van der Waals surface area (Å²) < 4.78 is 11.3. The van der Waals surface area contributed by atoms with Crippen LogP contribution in [0.3, 0.4) is 0 Å². The molecular weight excluding hydrogens is 292 g/mol. The van der Waals surface area contributed by atoms with Gasteiger partial charge in [0.15, 0.2) is 17.3 Å². The number of aromatic nitrogens is 2. The van der Waals surface area contributed by atoms with Gasteiger partial charge in [0.1, 0.15) is 11.5 Å². The number of methoxy groups -OCH3 is 1. The monoisotopic (exact) mass is 314 g/mol. The number of hydrogen-bond donors (Lipinski definition) is 1. The average Bonchev–Trinajstić information content (AvgIpc) is 3.06. The second-order valence-electron chi connectivity index (χ2n) is 5.76. The van der Waals surface area contributed by atoms with Crippen molar-refractivity contribution in [1.29, 1.82) is 0 Å². The Morgan fingerprint density at radius 1 is 1.09 bits per heavy atom. The highest BCUT2D eigenvalue weighted by Crippen LogP contribution is 2.37. The number of benzene rings is 1. The van der Waals surface area contributed by atoms with Gasteiger partial charge in [-0.2, -0.15) is 4.98 Å². The number of ether oxygens (including phenoxy) is 2. The molecule has 1 aliphatic heterocycles. The Hall–Kier alpha value is -2.50. The van der Waals surface area contributed by atoms with Crippen molar-refractivity contribution in [2.24, 2.45) is 0 Å². The van der Waals surface area contributed by atoms with Crippen LogP contribution in [0.15, 0.2) is 18.2 Å². The number of anilines is 2. The van der Waals surface area contributed by atoms with E-state index in [1.165, 1.54) is 0 Å². The van der Waals surface area contributed by atoms with Crippen LogP contribution in [0.2, 0.25) is 0 Å². The van der Waals surface area contributed by atoms with E-state index in [0.29, 0.717) is 28.9 Å². The summed E-state index contributed by atoms with van der Waals surface area (Å²) in [5.41, 5.74) is 7.84. The number of hydrogen-bond acceptors (Lipinski definition) is 6. The van der Waals surface area contributed by atoms with Gasteiger partial charge in [0.25, 0.3) is 0 Å². The van der Waals surface area contributed by atoms with Crippen LogP contribution in [-0.2, 0) is 0 Å². The predicted molar refractivity (Wildman–Crippen MR) is 90.4 cm³/mol. The van der Waals surface area contributed by atoms with Gasteiger partial charge in [0.2, 0.25) is 5.88 Å². The van der Waals surface area contributed by atoms with Crippen molar-refractivity contribution in [3.05, 3.63) is 29.6 Å². The number of nitrogens with two attached hydrogens (primary N) is 1. The molecule has 0 atom stereocenters. The minimum absolute atomic E-state index is 0.376. The summed E-state index contributed by atoms with van der Waals surface area (Å²) in [6.07, 6.45) is 2.31. The molecule has 1 fully saturated rings. The normalized spacial score (nSPS) is 14.1. The molecule has 0 unspecified atom stereocenters.